The van der Waals surface area contributed by atoms with Crippen molar-refractivity contribution in [1.29, 1.82) is 0 Å². The van der Waals surface area contributed by atoms with E-state index in [-0.39, 0.29) is 6.04 Å². The highest BCUT2D eigenvalue weighted by molar-refractivity contribution is 7.16. The second kappa shape index (κ2) is 4.41. The van der Waals surface area contributed by atoms with Gasteiger partial charge in [0.2, 0.25) is 0 Å². The fourth-order valence-corrected chi connectivity index (χ4v) is 2.79. The first-order valence-corrected chi connectivity index (χ1v) is 5.95. The topological polar surface area (TPSA) is 17.8 Å². The second-order valence-corrected chi connectivity index (χ2v) is 5.07. The van der Waals surface area contributed by atoms with Crippen LogP contribution in [0.15, 0.2) is 24.5 Å². The van der Waals surface area contributed by atoms with Crippen LogP contribution in [0.25, 0.3) is 0 Å². The molecule has 5 heteroatoms. The largest absolute Gasteiger partial charge is 0.265 e. The molecule has 0 spiro atoms. The summed E-state index contributed by atoms with van der Waals surface area (Å²) in [7, 11) is 5.65. The summed E-state index contributed by atoms with van der Waals surface area (Å²) in [4.78, 5) is 1.21. The van der Waals surface area contributed by atoms with Gasteiger partial charge in [0, 0.05) is 17.3 Å². The number of thiophene rings is 1. The van der Waals surface area contributed by atoms with E-state index in [2.05, 4.69) is 12.0 Å². The van der Waals surface area contributed by atoms with E-state index >= 15 is 0 Å². The van der Waals surface area contributed by atoms with E-state index in [1.807, 2.05) is 23.0 Å². The van der Waals surface area contributed by atoms with Crippen LogP contribution in [0, 0.1) is 0 Å². The van der Waals surface area contributed by atoms with Gasteiger partial charge in [0.15, 0.2) is 0 Å². The fraction of sp³-hybridized carbons (Fsp3) is 0.300. The van der Waals surface area contributed by atoms with Gasteiger partial charge < -0.3 is 0 Å². The summed E-state index contributed by atoms with van der Waals surface area (Å²) in [5.74, 6) is 0. The smallest absolute Gasteiger partial charge is 0.118 e. The number of hydrogen-bond donors (Lipinski definition) is 0. The van der Waals surface area contributed by atoms with Crippen LogP contribution in [0.1, 0.15) is 24.3 Å². The Balaban J connectivity index is 2.32. The number of aromatic nitrogens is 2. The molecule has 0 N–H and O–H groups in total. The van der Waals surface area contributed by atoms with E-state index < -0.39 is 0 Å². The van der Waals surface area contributed by atoms with Gasteiger partial charge in [-0.15, -0.1) is 11.3 Å². The highest BCUT2D eigenvalue weighted by Crippen LogP contribution is 2.30. The Kier molecular flexibility index (Phi) is 3.17. The molecule has 2 aromatic heterocycles. The normalized spacial score (nSPS) is 12.9. The highest BCUT2D eigenvalue weighted by Gasteiger charge is 2.14. The minimum Gasteiger partial charge on any atom is -0.265 e. The summed E-state index contributed by atoms with van der Waals surface area (Å²) in [6, 6.07) is 4.19. The Labute approximate surface area is 99.3 Å². The van der Waals surface area contributed by atoms with Crippen molar-refractivity contribution in [2.75, 3.05) is 0 Å². The summed E-state index contributed by atoms with van der Waals surface area (Å²) >= 11 is 7.51. The molecule has 2 radical (unpaired) electrons. The van der Waals surface area contributed by atoms with E-state index in [1.165, 1.54) is 4.88 Å². The first kappa shape index (κ1) is 10.8. The van der Waals surface area contributed by atoms with Crippen molar-refractivity contribution >= 4 is 36.2 Å². The summed E-state index contributed by atoms with van der Waals surface area (Å²) in [5, 5.41) is 4.23. The maximum atomic E-state index is 5.92. The molecule has 15 heavy (non-hydrogen) atoms. The molecule has 0 aliphatic heterocycles. The first-order chi connectivity index (χ1) is 7.20. The quantitative estimate of drug-likeness (QED) is 0.748. The first-order valence-electron chi connectivity index (χ1n) is 4.75. The molecule has 76 valence electrons. The standard InChI is InChI=1S/C10H10BClN2S/c1-2-8(9-3-4-10(12)15-9)14-6-7(11)5-13-14/h3-6,8H,2H2,1H3. The Hall–Kier alpha value is -0.735. The third kappa shape index (κ3) is 2.26. The van der Waals surface area contributed by atoms with Gasteiger partial charge in [0.1, 0.15) is 7.85 Å². The number of nitrogens with zero attached hydrogens (tertiary/aromatic N) is 2. The maximum absolute atomic E-state index is 5.92. The molecule has 2 nitrogen and oxygen atoms in total. The van der Waals surface area contributed by atoms with Gasteiger partial charge in [-0.3, -0.25) is 4.68 Å². The van der Waals surface area contributed by atoms with Crippen LogP contribution in [-0.4, -0.2) is 17.6 Å². The number of hydrogen-bond acceptors (Lipinski definition) is 2. The molecule has 0 aromatic carbocycles. The molecule has 0 aliphatic rings. The molecule has 0 saturated carbocycles. The maximum Gasteiger partial charge on any atom is 0.118 e. The van der Waals surface area contributed by atoms with Gasteiger partial charge in [-0.05, 0) is 18.6 Å². The zero-order valence-corrected chi connectivity index (χ0v) is 9.92. The lowest BCUT2D eigenvalue weighted by Crippen LogP contribution is -2.09. The fourth-order valence-electron chi connectivity index (χ4n) is 1.55. The van der Waals surface area contributed by atoms with Crippen molar-refractivity contribution in [2.45, 2.75) is 19.4 Å². The predicted molar refractivity (Wildman–Crippen MR) is 65.4 cm³/mol. The molecule has 0 amide bonds. The average Bonchev–Trinajstić information content (AvgIpc) is 2.78. The predicted octanol–water partition coefficient (Wildman–Crippen LogP) is 2.39. The van der Waals surface area contributed by atoms with E-state index in [9.17, 15) is 0 Å². The van der Waals surface area contributed by atoms with E-state index in [0.717, 1.165) is 10.8 Å². The second-order valence-electron chi connectivity index (χ2n) is 3.32. The number of halogens is 1. The van der Waals surface area contributed by atoms with Crippen molar-refractivity contribution < 1.29 is 0 Å². The molecular weight excluding hydrogens is 226 g/mol. The van der Waals surface area contributed by atoms with Crippen LogP contribution >= 0.6 is 22.9 Å². The molecule has 2 rings (SSSR count). The SMILES string of the molecule is [B]c1cnn(C(CC)c2ccc(Cl)s2)c1. The van der Waals surface area contributed by atoms with E-state index in [4.69, 9.17) is 19.4 Å². The molecule has 0 fully saturated rings. The van der Waals surface area contributed by atoms with Gasteiger partial charge in [0.05, 0.1) is 10.4 Å². The monoisotopic (exact) mass is 236 g/mol. The summed E-state index contributed by atoms with van der Waals surface area (Å²) in [6.07, 6.45) is 4.48. The lowest BCUT2D eigenvalue weighted by atomic mass is 10.0. The lowest BCUT2D eigenvalue weighted by molar-refractivity contribution is 0.517. The summed E-state index contributed by atoms with van der Waals surface area (Å²) < 4.78 is 2.70. The van der Waals surface area contributed by atoms with Crippen LogP contribution in [-0.2, 0) is 0 Å². The highest BCUT2D eigenvalue weighted by atomic mass is 35.5. The van der Waals surface area contributed by atoms with Crippen LogP contribution in [0.4, 0.5) is 0 Å². The van der Waals surface area contributed by atoms with Crippen molar-refractivity contribution in [3.8, 4) is 0 Å². The average molecular weight is 237 g/mol. The van der Waals surface area contributed by atoms with Crippen molar-refractivity contribution in [3.63, 3.8) is 0 Å². The minimum atomic E-state index is 0.236. The van der Waals surface area contributed by atoms with Gasteiger partial charge in [-0.1, -0.05) is 24.0 Å². The Morgan fingerprint density at radius 3 is 2.87 bits per heavy atom. The molecule has 0 bridgehead atoms. The van der Waals surface area contributed by atoms with Crippen LogP contribution in [0.3, 0.4) is 0 Å². The van der Waals surface area contributed by atoms with Crippen LogP contribution < -0.4 is 5.46 Å². The molecule has 0 saturated heterocycles. The van der Waals surface area contributed by atoms with Gasteiger partial charge in [-0.25, -0.2) is 0 Å². The van der Waals surface area contributed by atoms with Crippen LogP contribution in [0.5, 0.6) is 0 Å². The van der Waals surface area contributed by atoms with Crippen molar-refractivity contribution in [1.82, 2.24) is 9.78 Å². The number of rotatable bonds is 3. The van der Waals surface area contributed by atoms with Crippen LogP contribution in [0.2, 0.25) is 4.34 Å². The zero-order chi connectivity index (χ0) is 10.8. The minimum absolute atomic E-state index is 0.236. The van der Waals surface area contributed by atoms with E-state index in [1.54, 1.807) is 17.5 Å². The van der Waals surface area contributed by atoms with Gasteiger partial charge in [-0.2, -0.15) is 5.10 Å². The Bertz CT molecular complexity index is 411. The molecule has 1 atom stereocenters. The third-order valence-electron chi connectivity index (χ3n) is 2.25. The van der Waals surface area contributed by atoms with Crippen molar-refractivity contribution in [2.24, 2.45) is 0 Å². The molecule has 1 unspecified atom stereocenters. The van der Waals surface area contributed by atoms with Gasteiger partial charge in [0.25, 0.3) is 0 Å². The Morgan fingerprint density at radius 1 is 1.60 bits per heavy atom. The molecule has 0 aliphatic carbocycles. The Morgan fingerprint density at radius 2 is 2.40 bits per heavy atom. The zero-order valence-electron chi connectivity index (χ0n) is 8.35. The lowest BCUT2D eigenvalue weighted by Gasteiger charge is -2.13. The third-order valence-corrected chi connectivity index (χ3v) is 3.58. The molecule has 2 heterocycles. The van der Waals surface area contributed by atoms with E-state index in [0.29, 0.717) is 5.46 Å². The molecular formula is C10H10BClN2S. The molecule has 2 aromatic rings. The summed E-state index contributed by atoms with van der Waals surface area (Å²) in [6.45, 7) is 2.12. The van der Waals surface area contributed by atoms with Crippen molar-refractivity contribution in [3.05, 3.63) is 33.7 Å². The van der Waals surface area contributed by atoms with Gasteiger partial charge >= 0.3 is 0 Å². The summed E-state index contributed by atoms with van der Waals surface area (Å²) in [5.41, 5.74) is 0.691.